The van der Waals surface area contributed by atoms with Gasteiger partial charge in [-0.05, 0) is 71.5 Å². The second-order valence-corrected chi connectivity index (χ2v) is 13.1. The van der Waals surface area contributed by atoms with Crippen molar-refractivity contribution >= 4 is 39.6 Å². The van der Waals surface area contributed by atoms with Crippen molar-refractivity contribution in [2.45, 2.75) is 72.3 Å². The first-order chi connectivity index (χ1) is 21.5. The van der Waals surface area contributed by atoms with Crippen LogP contribution in [-0.2, 0) is 14.3 Å². The summed E-state index contributed by atoms with van der Waals surface area (Å²) in [6.45, 7) is 14.7. The molecule has 0 aliphatic carbocycles. The molecule has 3 aromatic rings. The van der Waals surface area contributed by atoms with Gasteiger partial charge >= 0.3 is 0 Å². The van der Waals surface area contributed by atoms with Crippen LogP contribution < -0.4 is 10.5 Å². The van der Waals surface area contributed by atoms with Crippen LogP contribution in [0.15, 0.2) is 45.1 Å². The summed E-state index contributed by atoms with van der Waals surface area (Å²) in [4.78, 5) is 32.5. The van der Waals surface area contributed by atoms with E-state index in [2.05, 4.69) is 58.6 Å². The average molecular weight is 716 g/mol. The molecule has 5 rings (SSSR count). The van der Waals surface area contributed by atoms with Crippen LogP contribution in [-0.4, -0.2) is 65.0 Å². The highest BCUT2D eigenvalue weighted by atomic mass is 79.9. The Labute approximate surface area is 276 Å². The molecule has 2 N–H and O–H groups in total. The number of nitrogens with one attached hydrogen (secondary N) is 1. The minimum absolute atomic E-state index is 0.0294. The minimum atomic E-state index is -2.64. The molecule has 0 amide bonds. The van der Waals surface area contributed by atoms with Crippen molar-refractivity contribution in [1.82, 2.24) is 15.0 Å². The van der Waals surface area contributed by atoms with Gasteiger partial charge in [-0.1, -0.05) is 40.2 Å². The van der Waals surface area contributed by atoms with E-state index >= 15 is 0 Å². The summed E-state index contributed by atoms with van der Waals surface area (Å²) < 4.78 is 38.0. The third kappa shape index (κ3) is 12.5. The lowest BCUT2D eigenvalue weighted by atomic mass is 9.88. The molecular weight excluding hydrogens is 670 g/mol. The van der Waals surface area contributed by atoms with Gasteiger partial charge in [0.1, 0.15) is 11.4 Å². The largest absolute Gasteiger partial charge is 0.483 e. The maximum atomic E-state index is 12.9. The number of aryl methyl sites for hydroxylation is 1. The number of carbonyl (C=O) groups is 1. The van der Waals surface area contributed by atoms with Gasteiger partial charge < -0.3 is 24.5 Å². The van der Waals surface area contributed by atoms with Crippen LogP contribution >= 0.6 is 27.3 Å². The van der Waals surface area contributed by atoms with Crippen molar-refractivity contribution in [3.63, 3.8) is 0 Å². The van der Waals surface area contributed by atoms with Crippen molar-refractivity contribution < 1.29 is 28.2 Å². The number of nitrogens with zero attached hydrogens (tertiary/aromatic N) is 3. The van der Waals surface area contributed by atoms with Crippen molar-refractivity contribution in [3.8, 4) is 10.6 Å². The number of aromatic amines is 1. The number of anilines is 1. The molecule has 0 radical (unpaired) electrons. The van der Waals surface area contributed by atoms with Gasteiger partial charge in [-0.2, -0.15) is 0 Å². The Hall–Kier alpha value is -2.74. The number of rotatable bonds is 9. The zero-order valence-corrected chi connectivity index (χ0v) is 29.0. The van der Waals surface area contributed by atoms with E-state index in [1.807, 2.05) is 28.5 Å². The number of hydrogen-bond donors (Lipinski definition) is 2. The van der Waals surface area contributed by atoms with E-state index in [0.717, 1.165) is 66.6 Å². The van der Waals surface area contributed by atoms with E-state index in [1.54, 1.807) is 19.2 Å². The molecule has 0 saturated carbocycles. The van der Waals surface area contributed by atoms with Crippen LogP contribution in [0, 0.1) is 18.8 Å². The minimum Gasteiger partial charge on any atom is -0.483 e. The van der Waals surface area contributed by atoms with Crippen LogP contribution in [0.1, 0.15) is 71.2 Å². The van der Waals surface area contributed by atoms with Crippen LogP contribution in [0.5, 0.6) is 0 Å². The molecule has 3 aromatic heterocycles. The molecule has 2 fully saturated rings. The second kappa shape index (κ2) is 19.7. The Morgan fingerprint density at radius 2 is 1.89 bits per heavy atom. The summed E-state index contributed by atoms with van der Waals surface area (Å²) in [6, 6.07) is 7.36. The quantitative estimate of drug-likeness (QED) is 0.216. The SMILES string of the molecule is CCC(C)CCOC1(C(C)C)COC1.Cc1cc(Br)c[nH]c1=O.FC(F)c1nc(-c2cccs2)cc(N2CCCC2)n1.O=CO. The number of halogens is 3. The van der Waals surface area contributed by atoms with Gasteiger partial charge in [0.2, 0.25) is 0 Å². The summed E-state index contributed by atoms with van der Waals surface area (Å²) in [5.41, 5.74) is 1.32. The number of carboxylic acid groups (broad SMARTS) is 1. The number of hydrogen-bond acceptors (Lipinski definition) is 8. The first-order valence-corrected chi connectivity index (χ1v) is 16.7. The topological polar surface area (TPSA) is 118 Å². The number of ether oxygens (including phenoxy) is 2. The van der Waals surface area contributed by atoms with Gasteiger partial charge in [-0.15, -0.1) is 11.3 Å². The maximum absolute atomic E-state index is 12.9. The van der Waals surface area contributed by atoms with Crippen molar-refractivity contribution in [3.05, 3.63) is 62.1 Å². The first kappa shape index (κ1) is 38.4. The smallest absolute Gasteiger partial charge is 0.297 e. The van der Waals surface area contributed by atoms with Gasteiger partial charge in [0.25, 0.3) is 18.5 Å². The Bertz CT molecular complexity index is 1330. The summed E-state index contributed by atoms with van der Waals surface area (Å²) in [6.07, 6.45) is 3.57. The molecule has 1 atom stereocenters. The molecular formula is C32H45BrF2N4O5S. The molecule has 250 valence electrons. The number of H-pyrrole nitrogens is 1. The fraction of sp³-hybridized carbons (Fsp3) is 0.562. The van der Waals surface area contributed by atoms with Crippen LogP contribution in [0.2, 0.25) is 0 Å². The van der Waals surface area contributed by atoms with Gasteiger partial charge in [0, 0.05) is 42.0 Å². The van der Waals surface area contributed by atoms with Crippen molar-refractivity contribution in [2.75, 3.05) is 37.8 Å². The highest BCUT2D eigenvalue weighted by Crippen LogP contribution is 2.31. The number of pyridine rings is 1. The van der Waals surface area contributed by atoms with Gasteiger partial charge in [0.15, 0.2) is 5.82 Å². The first-order valence-electron chi connectivity index (χ1n) is 15.1. The molecule has 5 heterocycles. The number of alkyl halides is 2. The van der Waals surface area contributed by atoms with E-state index in [1.165, 1.54) is 24.2 Å². The molecule has 9 nitrogen and oxygen atoms in total. The lowest BCUT2D eigenvalue weighted by Gasteiger charge is -2.44. The molecule has 0 spiro atoms. The predicted octanol–water partition coefficient (Wildman–Crippen LogP) is 7.75. The van der Waals surface area contributed by atoms with Gasteiger partial charge in [0.05, 0.1) is 23.8 Å². The Morgan fingerprint density at radius 3 is 2.36 bits per heavy atom. The monoisotopic (exact) mass is 714 g/mol. The maximum Gasteiger partial charge on any atom is 0.297 e. The molecule has 2 aliphatic rings. The lowest BCUT2D eigenvalue weighted by molar-refractivity contribution is -0.231. The second-order valence-electron chi connectivity index (χ2n) is 11.2. The van der Waals surface area contributed by atoms with Crippen molar-refractivity contribution in [1.29, 1.82) is 0 Å². The number of aromatic nitrogens is 3. The van der Waals surface area contributed by atoms with Gasteiger partial charge in [-0.25, -0.2) is 18.7 Å². The summed E-state index contributed by atoms with van der Waals surface area (Å²) >= 11 is 4.72. The van der Waals surface area contributed by atoms with E-state index in [-0.39, 0.29) is 23.5 Å². The standard InChI is InChI=1S/C13H13F2N3S.C12H24O2.C6H6BrNO.CH2O2/c14-12(15)13-16-9(10-4-3-7-19-10)8-11(17-13)18-5-1-2-6-18;1-5-11(4)6-7-14-12(10(2)3)8-13-9-12;1-4-2-5(7)3-8-6(4)9;2-1-3/h3-4,7-8,12H,1-2,5-6H2;10-11H,5-9H2,1-4H3;2-3H,1H3,(H,8,9);1H,(H,2,3). The van der Waals surface area contributed by atoms with Crippen LogP contribution in [0.3, 0.4) is 0 Å². The molecule has 2 aliphatic heterocycles. The van der Waals surface area contributed by atoms with Crippen LogP contribution in [0.25, 0.3) is 10.6 Å². The molecule has 2 saturated heterocycles. The van der Waals surface area contributed by atoms with E-state index in [9.17, 15) is 13.6 Å². The molecule has 0 bridgehead atoms. The Morgan fingerprint density at radius 1 is 1.22 bits per heavy atom. The zero-order chi connectivity index (χ0) is 33.4. The van der Waals surface area contributed by atoms with Crippen molar-refractivity contribution in [2.24, 2.45) is 11.8 Å². The number of thiophene rings is 1. The predicted molar refractivity (Wildman–Crippen MR) is 178 cm³/mol. The van der Waals surface area contributed by atoms with E-state index in [4.69, 9.17) is 19.4 Å². The molecule has 13 heteroatoms. The highest BCUT2D eigenvalue weighted by molar-refractivity contribution is 9.10. The molecule has 1 unspecified atom stereocenters. The summed E-state index contributed by atoms with van der Waals surface area (Å²) in [5, 5.41) is 8.80. The summed E-state index contributed by atoms with van der Waals surface area (Å²) in [7, 11) is 0. The molecule has 0 aromatic carbocycles. The lowest BCUT2D eigenvalue weighted by Crippen LogP contribution is -2.56. The van der Waals surface area contributed by atoms with E-state index in [0.29, 0.717) is 17.4 Å². The third-order valence-electron chi connectivity index (χ3n) is 7.62. The third-order valence-corrected chi connectivity index (χ3v) is 8.97. The van der Waals surface area contributed by atoms with Crippen LogP contribution in [0.4, 0.5) is 14.6 Å². The van der Waals surface area contributed by atoms with Gasteiger partial charge in [-0.3, -0.25) is 9.59 Å². The summed E-state index contributed by atoms with van der Waals surface area (Å²) in [5.74, 6) is 1.58. The van der Waals surface area contributed by atoms with E-state index < -0.39 is 6.43 Å². The fourth-order valence-electron chi connectivity index (χ4n) is 4.33. The molecule has 45 heavy (non-hydrogen) atoms. The normalized spacial score (nSPS) is 15.6. The fourth-order valence-corrected chi connectivity index (χ4v) is 5.47. The zero-order valence-electron chi connectivity index (χ0n) is 26.6. The Balaban J connectivity index is 0.000000239. The average Bonchev–Trinajstić information content (AvgIpc) is 3.72. The Kier molecular flexibility index (Phi) is 16.8. The highest BCUT2D eigenvalue weighted by Gasteiger charge is 2.42.